The van der Waals surface area contributed by atoms with Crippen molar-refractivity contribution in [3.05, 3.63) is 18.1 Å². The summed E-state index contributed by atoms with van der Waals surface area (Å²) >= 11 is 0. The molecule has 202 valence electrons. The highest BCUT2D eigenvalue weighted by Crippen LogP contribution is 2.63. The number of rotatable bonds is 11. The molecule has 0 aliphatic carbocycles. The van der Waals surface area contributed by atoms with Gasteiger partial charge in [-0.2, -0.15) is 4.31 Å². The molecule has 0 radical (unpaired) electrons. The standard InChI is InChI=1S/C16H19N4O14P3/c17-15-14-9(3-1-2-4-13(22)23)6-20(16(14)19-8-18-15)12-5-10(21)11(31-12)7-30-35(25)33-37(28,29)34-36(26,27)32-24/h6,8,10-12,21H,2,4-5,7H2,(H5-,17,18,19,22,23,24,26,27,28,29)/p+1/t10-,11+,12+/m0/s1. The fraction of sp³-hybridized carbons (Fsp3) is 0.438. The van der Waals surface area contributed by atoms with E-state index in [-0.39, 0.29) is 25.1 Å². The first kappa shape index (κ1) is 29.2. The Morgan fingerprint density at radius 3 is 2.73 bits per heavy atom. The molecule has 1 aliphatic rings. The number of nitrogens with zero attached hydrogens (tertiary/aromatic N) is 3. The third kappa shape index (κ3) is 7.82. The summed E-state index contributed by atoms with van der Waals surface area (Å²) in [4.78, 5) is 36.9. The molecule has 2 aromatic heterocycles. The summed E-state index contributed by atoms with van der Waals surface area (Å²) in [5.41, 5.74) is 6.66. The minimum absolute atomic E-state index is 0.00558. The van der Waals surface area contributed by atoms with Gasteiger partial charge < -0.3 is 30.1 Å². The number of carboxylic acid groups (broad SMARTS) is 1. The maximum Gasteiger partial charge on any atom is 0.708 e. The number of phosphoric acid groups is 2. The van der Waals surface area contributed by atoms with Crippen molar-refractivity contribution in [1.82, 2.24) is 14.5 Å². The van der Waals surface area contributed by atoms with E-state index in [2.05, 4.69) is 35.1 Å². The Balaban J connectivity index is 1.69. The number of fused-ring (bicyclic) bond motifs is 1. The molecule has 3 unspecified atom stereocenters. The zero-order valence-electron chi connectivity index (χ0n) is 18.4. The summed E-state index contributed by atoms with van der Waals surface area (Å²) in [6.45, 7) is -0.613. The molecule has 37 heavy (non-hydrogen) atoms. The van der Waals surface area contributed by atoms with Crippen LogP contribution in [-0.4, -0.2) is 64.6 Å². The molecular formula is C16H20N4O14P3+. The predicted molar refractivity (Wildman–Crippen MR) is 119 cm³/mol. The number of carbonyl (C=O) groups is 1. The number of anilines is 1. The van der Waals surface area contributed by atoms with Crippen molar-refractivity contribution in [3.8, 4) is 11.8 Å². The molecule has 18 nitrogen and oxygen atoms in total. The van der Waals surface area contributed by atoms with E-state index in [1.807, 2.05) is 0 Å². The Kier molecular flexibility index (Phi) is 9.48. The fourth-order valence-electron chi connectivity index (χ4n) is 3.19. The Labute approximate surface area is 208 Å². The number of carboxylic acids is 1. The van der Waals surface area contributed by atoms with E-state index in [1.165, 1.54) is 17.1 Å². The number of aliphatic hydroxyl groups excluding tert-OH is 1. The van der Waals surface area contributed by atoms with Crippen LogP contribution in [0.1, 0.15) is 31.1 Å². The summed E-state index contributed by atoms with van der Waals surface area (Å²) in [5, 5.41) is 27.6. The molecule has 0 saturated carbocycles. The van der Waals surface area contributed by atoms with E-state index in [0.717, 1.165) is 0 Å². The first-order valence-electron chi connectivity index (χ1n) is 9.97. The van der Waals surface area contributed by atoms with Crippen LogP contribution >= 0.6 is 23.9 Å². The van der Waals surface area contributed by atoms with E-state index in [0.29, 0.717) is 16.6 Å². The lowest BCUT2D eigenvalue weighted by atomic mass is 10.2. The summed E-state index contributed by atoms with van der Waals surface area (Å²) in [6.07, 6.45) is -0.476. The number of hydrogen-bond acceptors (Lipinski definition) is 14. The number of hydrogen-bond donors (Lipinski definition) is 6. The second-order valence-corrected chi connectivity index (χ2v) is 11.3. The van der Waals surface area contributed by atoms with Crippen molar-refractivity contribution in [2.45, 2.75) is 37.7 Å². The Morgan fingerprint density at radius 2 is 2.05 bits per heavy atom. The highest BCUT2D eigenvalue weighted by molar-refractivity contribution is 7.64. The zero-order chi connectivity index (χ0) is 27.4. The Bertz CT molecular complexity index is 1340. The number of ether oxygens (including phenoxy) is 1. The van der Waals surface area contributed by atoms with Gasteiger partial charge in [-0.15, -0.1) is 9.20 Å². The highest BCUT2D eigenvalue weighted by Gasteiger charge is 2.46. The second-order valence-electron chi connectivity index (χ2n) is 7.24. The van der Waals surface area contributed by atoms with Crippen LogP contribution in [-0.2, 0) is 41.0 Å². The monoisotopic (exact) mass is 585 g/mol. The first-order valence-corrected chi connectivity index (χ1v) is 14.1. The lowest BCUT2D eigenvalue weighted by molar-refractivity contribution is -0.157. The van der Waals surface area contributed by atoms with Gasteiger partial charge in [-0.25, -0.2) is 24.4 Å². The van der Waals surface area contributed by atoms with Gasteiger partial charge in [0.2, 0.25) is 0 Å². The van der Waals surface area contributed by atoms with Gasteiger partial charge in [0.1, 0.15) is 36.7 Å². The van der Waals surface area contributed by atoms with Crippen molar-refractivity contribution in [1.29, 1.82) is 0 Å². The van der Waals surface area contributed by atoms with Crippen LogP contribution in [0.25, 0.3) is 11.0 Å². The molecule has 7 N–H and O–H groups in total. The molecule has 2 aromatic rings. The largest absolute Gasteiger partial charge is 0.708 e. The summed E-state index contributed by atoms with van der Waals surface area (Å²) in [6, 6.07) is 0. The third-order valence-electron chi connectivity index (χ3n) is 4.66. The van der Waals surface area contributed by atoms with Gasteiger partial charge in [-0.3, -0.25) is 9.69 Å². The van der Waals surface area contributed by atoms with Crippen LogP contribution in [0.2, 0.25) is 0 Å². The van der Waals surface area contributed by atoms with Crippen molar-refractivity contribution < 1.29 is 66.3 Å². The number of aliphatic carboxylic acids is 1. The molecule has 0 aromatic carbocycles. The van der Waals surface area contributed by atoms with Gasteiger partial charge in [0.15, 0.2) is 0 Å². The average molecular weight is 585 g/mol. The van der Waals surface area contributed by atoms with Gasteiger partial charge in [0, 0.05) is 23.6 Å². The molecular weight excluding hydrogens is 565 g/mol. The number of aliphatic hydroxyl groups is 1. The first-order chi connectivity index (χ1) is 17.3. The lowest BCUT2D eigenvalue weighted by Crippen LogP contribution is -2.25. The van der Waals surface area contributed by atoms with E-state index in [9.17, 15) is 28.5 Å². The molecule has 1 fully saturated rings. The molecule has 6 atom stereocenters. The normalized spacial score (nSPS) is 23.1. The van der Waals surface area contributed by atoms with Crippen LogP contribution in [0.4, 0.5) is 5.82 Å². The van der Waals surface area contributed by atoms with Crippen LogP contribution in [0, 0.1) is 11.8 Å². The van der Waals surface area contributed by atoms with E-state index < -0.39 is 54.9 Å². The Morgan fingerprint density at radius 1 is 1.32 bits per heavy atom. The van der Waals surface area contributed by atoms with E-state index >= 15 is 0 Å². The predicted octanol–water partition coefficient (Wildman–Crippen LogP) is 1.28. The smallest absolute Gasteiger partial charge is 0.481 e. The molecule has 1 aliphatic heterocycles. The minimum atomic E-state index is -5.46. The van der Waals surface area contributed by atoms with Gasteiger partial charge in [0.05, 0.1) is 23.5 Å². The van der Waals surface area contributed by atoms with Gasteiger partial charge in [-0.05, 0) is 4.31 Å². The SMILES string of the molecule is Nc1ncnc2c1c(C#CCCC(=O)O)cn2[C@H]1C[C@H](O)[C@@H](CO[P+](=O)OP(=O)(O)OP(=O)(O)OO)O1. The van der Waals surface area contributed by atoms with Crippen LogP contribution < -0.4 is 5.73 Å². The topological polar surface area (TPSA) is 272 Å². The highest BCUT2D eigenvalue weighted by atomic mass is 31.3. The fourth-order valence-corrected chi connectivity index (χ4v) is 5.87. The van der Waals surface area contributed by atoms with Crippen LogP contribution in [0.3, 0.4) is 0 Å². The summed E-state index contributed by atoms with van der Waals surface area (Å²) in [5.74, 6) is 4.64. The third-order valence-corrected chi connectivity index (χ3v) is 8.24. The van der Waals surface area contributed by atoms with Crippen molar-refractivity contribution in [3.63, 3.8) is 0 Å². The number of aromatic nitrogens is 3. The lowest BCUT2D eigenvalue weighted by Gasteiger charge is -2.14. The van der Waals surface area contributed by atoms with E-state index in [1.54, 1.807) is 0 Å². The van der Waals surface area contributed by atoms with Crippen LogP contribution in [0.5, 0.6) is 0 Å². The quantitative estimate of drug-likeness (QED) is 0.0937. The summed E-state index contributed by atoms with van der Waals surface area (Å²) < 4.78 is 57.0. The van der Waals surface area contributed by atoms with Crippen LogP contribution in [0.15, 0.2) is 12.5 Å². The zero-order valence-corrected chi connectivity index (χ0v) is 21.1. The van der Waals surface area contributed by atoms with Crippen molar-refractivity contribution >= 4 is 46.7 Å². The van der Waals surface area contributed by atoms with Crippen molar-refractivity contribution in [2.75, 3.05) is 12.3 Å². The number of nitrogens with two attached hydrogens (primary N) is 1. The Hall–Kier alpha value is -2.35. The number of nitrogen functional groups attached to an aromatic ring is 1. The second kappa shape index (κ2) is 12.0. The molecule has 1 saturated heterocycles. The molecule has 21 heteroatoms. The molecule has 0 bridgehead atoms. The van der Waals surface area contributed by atoms with Gasteiger partial charge in [0.25, 0.3) is 0 Å². The van der Waals surface area contributed by atoms with Gasteiger partial charge >= 0.3 is 29.9 Å². The van der Waals surface area contributed by atoms with Gasteiger partial charge in [-0.1, -0.05) is 11.8 Å². The molecule has 0 amide bonds. The maximum absolute atomic E-state index is 11.8. The minimum Gasteiger partial charge on any atom is -0.481 e. The molecule has 0 spiro atoms. The molecule has 3 rings (SSSR count). The summed E-state index contributed by atoms with van der Waals surface area (Å²) in [7, 11) is -14.2. The maximum atomic E-state index is 11.8. The van der Waals surface area contributed by atoms with E-state index in [4.69, 9.17) is 30.3 Å². The molecule has 3 heterocycles. The average Bonchev–Trinajstić information content (AvgIpc) is 3.35. The van der Waals surface area contributed by atoms with Crippen molar-refractivity contribution in [2.24, 2.45) is 0 Å².